The van der Waals surface area contributed by atoms with E-state index in [1.807, 2.05) is 0 Å². The van der Waals surface area contributed by atoms with Crippen molar-refractivity contribution in [3.05, 3.63) is 34.3 Å². The molecular formula is C20H30BrN3O4S. The molecule has 0 bridgehead atoms. The molecule has 1 atom stereocenters. The number of halogens is 1. The molecular weight excluding hydrogens is 458 g/mol. The van der Waals surface area contributed by atoms with E-state index in [1.54, 1.807) is 29.2 Å². The van der Waals surface area contributed by atoms with Crippen molar-refractivity contribution < 1.29 is 18.0 Å². The molecule has 29 heavy (non-hydrogen) atoms. The smallest absolute Gasteiger partial charge is 0.253 e. The Bertz CT molecular complexity index is 821. The summed E-state index contributed by atoms with van der Waals surface area (Å²) in [7, 11) is -3.25. The summed E-state index contributed by atoms with van der Waals surface area (Å²) in [6, 6.07) is 6.06. The Morgan fingerprint density at radius 2 is 1.76 bits per heavy atom. The minimum Gasteiger partial charge on any atom is -0.340 e. The zero-order chi connectivity index (χ0) is 21.6. The Hall–Kier alpha value is -1.45. The van der Waals surface area contributed by atoms with Crippen molar-refractivity contribution in [2.45, 2.75) is 26.3 Å². The lowest BCUT2D eigenvalue weighted by atomic mass is 10.1. The normalized spacial score (nSPS) is 16.7. The third-order valence-electron chi connectivity index (χ3n) is 4.81. The first-order valence-electron chi connectivity index (χ1n) is 9.81. The minimum atomic E-state index is -3.25. The summed E-state index contributed by atoms with van der Waals surface area (Å²) in [6.45, 7) is 8.02. The largest absolute Gasteiger partial charge is 0.340 e. The van der Waals surface area contributed by atoms with Crippen LogP contribution >= 0.6 is 15.9 Å². The predicted molar refractivity (Wildman–Crippen MR) is 118 cm³/mol. The fourth-order valence-electron chi connectivity index (χ4n) is 3.36. The molecule has 162 valence electrons. The maximum atomic E-state index is 13.1. The van der Waals surface area contributed by atoms with Crippen molar-refractivity contribution in [1.82, 2.24) is 15.1 Å². The van der Waals surface area contributed by atoms with Crippen LogP contribution < -0.4 is 5.32 Å². The molecule has 7 nitrogen and oxygen atoms in total. The highest BCUT2D eigenvalue weighted by Crippen LogP contribution is 2.16. The highest BCUT2D eigenvalue weighted by molar-refractivity contribution is 9.10. The Morgan fingerprint density at radius 3 is 2.31 bits per heavy atom. The number of hydrogen-bond donors (Lipinski definition) is 1. The van der Waals surface area contributed by atoms with Gasteiger partial charge in [-0.15, -0.1) is 0 Å². The number of amides is 2. The van der Waals surface area contributed by atoms with E-state index in [0.717, 1.165) is 25.9 Å². The van der Waals surface area contributed by atoms with Gasteiger partial charge in [-0.25, -0.2) is 8.42 Å². The molecule has 0 aromatic heterocycles. The van der Waals surface area contributed by atoms with E-state index in [1.165, 1.54) is 0 Å². The molecule has 0 aliphatic carbocycles. The molecule has 1 unspecified atom stereocenters. The van der Waals surface area contributed by atoms with Crippen LogP contribution in [-0.4, -0.2) is 80.8 Å². The Labute approximate surface area is 181 Å². The summed E-state index contributed by atoms with van der Waals surface area (Å²) in [5, 5.41) is 2.75. The van der Waals surface area contributed by atoms with Gasteiger partial charge in [0, 0.05) is 43.5 Å². The molecule has 0 saturated carbocycles. The number of rotatable bonds is 8. The van der Waals surface area contributed by atoms with E-state index < -0.39 is 21.8 Å². The molecule has 2 amide bonds. The Morgan fingerprint density at radius 1 is 1.14 bits per heavy atom. The molecule has 1 heterocycles. The van der Waals surface area contributed by atoms with Gasteiger partial charge in [0.1, 0.15) is 15.9 Å². The number of sulfone groups is 1. The van der Waals surface area contributed by atoms with Crippen LogP contribution in [0.2, 0.25) is 0 Å². The lowest BCUT2D eigenvalue weighted by Gasteiger charge is -2.37. The minimum absolute atomic E-state index is 0.0556. The van der Waals surface area contributed by atoms with Gasteiger partial charge < -0.3 is 10.2 Å². The van der Waals surface area contributed by atoms with E-state index in [4.69, 9.17) is 0 Å². The van der Waals surface area contributed by atoms with Crippen LogP contribution in [0.1, 0.15) is 30.6 Å². The monoisotopic (exact) mass is 487 g/mol. The lowest BCUT2D eigenvalue weighted by Crippen LogP contribution is -2.55. The second-order valence-electron chi connectivity index (χ2n) is 7.94. The van der Waals surface area contributed by atoms with E-state index >= 15 is 0 Å². The maximum Gasteiger partial charge on any atom is 0.253 e. The number of nitrogens with one attached hydrogen (secondary N) is 1. The second kappa shape index (κ2) is 10.5. The van der Waals surface area contributed by atoms with Crippen LogP contribution in [0.3, 0.4) is 0 Å². The van der Waals surface area contributed by atoms with Crippen molar-refractivity contribution in [1.29, 1.82) is 0 Å². The Kier molecular flexibility index (Phi) is 8.66. The van der Waals surface area contributed by atoms with Gasteiger partial charge in [0.05, 0.1) is 11.3 Å². The summed E-state index contributed by atoms with van der Waals surface area (Å²) in [4.78, 5) is 29.8. The van der Waals surface area contributed by atoms with Crippen molar-refractivity contribution >= 4 is 37.6 Å². The first kappa shape index (κ1) is 23.8. The number of piperazine rings is 1. The zero-order valence-corrected chi connectivity index (χ0v) is 19.6. The van der Waals surface area contributed by atoms with Crippen LogP contribution in [0, 0.1) is 5.92 Å². The first-order chi connectivity index (χ1) is 13.6. The van der Waals surface area contributed by atoms with Crippen LogP contribution in [0.15, 0.2) is 28.7 Å². The van der Waals surface area contributed by atoms with Gasteiger partial charge in [-0.05, 0) is 40.4 Å². The van der Waals surface area contributed by atoms with E-state index in [2.05, 4.69) is 40.0 Å². The van der Waals surface area contributed by atoms with Crippen molar-refractivity contribution in [3.8, 4) is 0 Å². The van der Waals surface area contributed by atoms with Gasteiger partial charge in [-0.3, -0.25) is 14.5 Å². The zero-order valence-electron chi connectivity index (χ0n) is 17.2. The van der Waals surface area contributed by atoms with Gasteiger partial charge in [0.25, 0.3) is 5.91 Å². The fourth-order valence-corrected chi connectivity index (χ4v) is 4.49. The third kappa shape index (κ3) is 7.71. The van der Waals surface area contributed by atoms with Gasteiger partial charge in [-0.1, -0.05) is 26.0 Å². The van der Waals surface area contributed by atoms with E-state index in [0.29, 0.717) is 29.0 Å². The fraction of sp³-hybridized carbons (Fsp3) is 0.600. The predicted octanol–water partition coefficient (Wildman–Crippen LogP) is 1.78. The molecule has 1 aliphatic heterocycles. The number of benzene rings is 1. The molecule has 9 heteroatoms. The molecule has 0 spiro atoms. The van der Waals surface area contributed by atoms with Gasteiger partial charge in [0.15, 0.2) is 0 Å². The van der Waals surface area contributed by atoms with Crippen LogP contribution in [-0.2, 0) is 14.6 Å². The second-order valence-corrected chi connectivity index (χ2v) is 11.1. The highest BCUT2D eigenvalue weighted by Gasteiger charge is 2.30. The maximum absolute atomic E-state index is 13.1. The van der Waals surface area contributed by atoms with Gasteiger partial charge >= 0.3 is 0 Å². The molecule has 1 aliphatic rings. The van der Waals surface area contributed by atoms with E-state index in [9.17, 15) is 18.0 Å². The molecule has 1 fully saturated rings. The standard InChI is InChI=1S/C20H30BrN3O4S/c1-15(2)14-23-9-11-24(12-10-23)20(26)18(8-13-29(3,27)28)22-19(25)16-6-4-5-7-17(16)21/h4-7,15,18H,8-14H2,1-3H3,(H,22,25). The van der Waals surface area contributed by atoms with Crippen LogP contribution in [0.5, 0.6) is 0 Å². The number of hydrogen-bond acceptors (Lipinski definition) is 5. The number of nitrogens with zero attached hydrogens (tertiary/aromatic N) is 2. The first-order valence-corrected chi connectivity index (χ1v) is 12.7. The van der Waals surface area contributed by atoms with Crippen LogP contribution in [0.25, 0.3) is 0 Å². The number of carbonyl (C=O) groups is 2. The summed E-state index contributed by atoms with van der Waals surface area (Å²) in [5.74, 6) is -0.225. The third-order valence-corrected chi connectivity index (χ3v) is 6.48. The van der Waals surface area contributed by atoms with Crippen LogP contribution in [0.4, 0.5) is 0 Å². The summed E-state index contributed by atoms with van der Waals surface area (Å²) >= 11 is 3.34. The number of carbonyl (C=O) groups excluding carboxylic acids is 2. The molecule has 1 aromatic rings. The average molecular weight is 488 g/mol. The molecule has 1 aromatic carbocycles. The van der Waals surface area contributed by atoms with Gasteiger partial charge in [0.2, 0.25) is 5.91 Å². The summed E-state index contributed by atoms with van der Waals surface area (Å²) < 4.78 is 23.9. The molecule has 2 rings (SSSR count). The molecule has 0 radical (unpaired) electrons. The average Bonchev–Trinajstić information content (AvgIpc) is 2.64. The lowest BCUT2D eigenvalue weighted by molar-refractivity contribution is -0.135. The van der Waals surface area contributed by atoms with Crippen molar-refractivity contribution in [2.75, 3.05) is 44.7 Å². The van der Waals surface area contributed by atoms with Crippen molar-refractivity contribution in [2.24, 2.45) is 5.92 Å². The molecule has 1 saturated heterocycles. The quantitative estimate of drug-likeness (QED) is 0.603. The topological polar surface area (TPSA) is 86.8 Å². The molecule has 1 N–H and O–H groups in total. The van der Waals surface area contributed by atoms with Gasteiger partial charge in [-0.2, -0.15) is 0 Å². The highest BCUT2D eigenvalue weighted by atomic mass is 79.9. The summed E-state index contributed by atoms with van der Waals surface area (Å²) in [6.07, 6.45) is 1.19. The SMILES string of the molecule is CC(C)CN1CCN(C(=O)C(CCS(C)(=O)=O)NC(=O)c2ccccc2Br)CC1. The van der Waals surface area contributed by atoms with E-state index in [-0.39, 0.29) is 18.1 Å². The summed E-state index contributed by atoms with van der Waals surface area (Å²) in [5.41, 5.74) is 0.409. The Balaban J connectivity index is 2.08. The van der Waals surface area contributed by atoms with Crippen molar-refractivity contribution in [3.63, 3.8) is 0 Å².